The first-order chi connectivity index (χ1) is 13.0. The Morgan fingerprint density at radius 3 is 2.74 bits per heavy atom. The van der Waals surface area contributed by atoms with E-state index in [9.17, 15) is 4.79 Å². The molecule has 0 unspecified atom stereocenters. The van der Waals surface area contributed by atoms with Crippen LogP contribution in [0.1, 0.15) is 17.8 Å². The van der Waals surface area contributed by atoms with E-state index in [0.29, 0.717) is 39.7 Å². The van der Waals surface area contributed by atoms with Crippen LogP contribution in [0.25, 0.3) is 10.2 Å². The van der Waals surface area contributed by atoms with Gasteiger partial charge in [0.05, 0.1) is 35.4 Å². The summed E-state index contributed by atoms with van der Waals surface area (Å²) in [6.07, 6.45) is 0.607. The smallest absolute Gasteiger partial charge is 0.305 e. The van der Waals surface area contributed by atoms with Gasteiger partial charge in [-0.25, -0.2) is 9.97 Å². The maximum absolute atomic E-state index is 11.4. The van der Waals surface area contributed by atoms with Gasteiger partial charge in [-0.1, -0.05) is 29.3 Å². The van der Waals surface area contributed by atoms with Crippen LogP contribution in [0, 0.1) is 0 Å². The van der Waals surface area contributed by atoms with Crippen LogP contribution in [0.15, 0.2) is 24.3 Å². The van der Waals surface area contributed by atoms with Crippen molar-refractivity contribution < 1.29 is 14.3 Å². The number of esters is 1. The van der Waals surface area contributed by atoms with Crippen molar-refractivity contribution in [2.45, 2.75) is 19.4 Å². The molecular formula is C18H17Cl2N3O3S. The second kappa shape index (κ2) is 8.73. The minimum absolute atomic E-state index is 0.217. The number of ether oxygens (including phenoxy) is 2. The number of anilines is 1. The zero-order chi connectivity index (χ0) is 19.4. The van der Waals surface area contributed by atoms with Crippen molar-refractivity contribution in [3.05, 3.63) is 45.0 Å². The van der Waals surface area contributed by atoms with Crippen LogP contribution in [0.5, 0.6) is 5.75 Å². The van der Waals surface area contributed by atoms with Gasteiger partial charge in [0.1, 0.15) is 22.2 Å². The van der Waals surface area contributed by atoms with Gasteiger partial charge in [0.2, 0.25) is 0 Å². The Labute approximate surface area is 170 Å². The zero-order valence-electron chi connectivity index (χ0n) is 14.7. The first-order valence-corrected chi connectivity index (χ1v) is 9.66. The van der Waals surface area contributed by atoms with Crippen molar-refractivity contribution in [1.29, 1.82) is 0 Å². The number of methoxy groups -OCH3 is 2. The monoisotopic (exact) mass is 425 g/mol. The molecule has 1 aromatic carbocycles. The molecule has 0 atom stereocenters. The number of benzene rings is 1. The van der Waals surface area contributed by atoms with Crippen molar-refractivity contribution in [2.24, 2.45) is 0 Å². The van der Waals surface area contributed by atoms with Gasteiger partial charge in [-0.05, 0) is 23.8 Å². The summed E-state index contributed by atoms with van der Waals surface area (Å²) in [4.78, 5) is 21.2. The van der Waals surface area contributed by atoms with E-state index in [1.807, 2.05) is 24.3 Å². The van der Waals surface area contributed by atoms with Crippen LogP contribution in [0.4, 0.5) is 5.82 Å². The van der Waals surface area contributed by atoms with Gasteiger partial charge in [0.25, 0.3) is 0 Å². The molecule has 0 bridgehead atoms. The number of hydrogen-bond donors (Lipinski definition) is 1. The lowest BCUT2D eigenvalue weighted by molar-refractivity contribution is -0.140. The SMILES string of the molecule is COC(=O)CCc1nc(NCc2ccc(OC)c(Cl)c2)c2cc(Cl)sc2n1. The summed E-state index contributed by atoms with van der Waals surface area (Å²) >= 11 is 13.7. The van der Waals surface area contributed by atoms with E-state index in [1.54, 1.807) is 7.11 Å². The molecule has 0 fully saturated rings. The summed E-state index contributed by atoms with van der Waals surface area (Å²) in [6.45, 7) is 0.514. The van der Waals surface area contributed by atoms with Crippen LogP contribution in [-0.2, 0) is 22.5 Å². The molecule has 142 valence electrons. The Balaban J connectivity index is 1.83. The number of nitrogens with one attached hydrogen (secondary N) is 1. The number of rotatable bonds is 7. The lowest BCUT2D eigenvalue weighted by atomic mass is 10.2. The van der Waals surface area contributed by atoms with Gasteiger partial charge in [0, 0.05) is 13.0 Å². The third kappa shape index (κ3) is 4.80. The van der Waals surface area contributed by atoms with Gasteiger partial charge in [-0.15, -0.1) is 11.3 Å². The average molecular weight is 426 g/mol. The Morgan fingerprint density at radius 1 is 1.22 bits per heavy atom. The summed E-state index contributed by atoms with van der Waals surface area (Å²) in [6, 6.07) is 7.41. The lowest BCUT2D eigenvalue weighted by Crippen LogP contribution is -2.07. The third-order valence-corrected chi connectivity index (χ3v) is 5.32. The molecule has 3 aromatic rings. The van der Waals surface area contributed by atoms with Crippen molar-refractivity contribution in [1.82, 2.24) is 9.97 Å². The highest BCUT2D eigenvalue weighted by molar-refractivity contribution is 7.22. The summed E-state index contributed by atoms with van der Waals surface area (Å²) in [7, 11) is 2.94. The Bertz CT molecular complexity index is 978. The van der Waals surface area contributed by atoms with E-state index >= 15 is 0 Å². The van der Waals surface area contributed by atoms with E-state index in [-0.39, 0.29) is 12.4 Å². The molecule has 1 N–H and O–H groups in total. The van der Waals surface area contributed by atoms with E-state index in [4.69, 9.17) is 27.9 Å². The van der Waals surface area contributed by atoms with Crippen LogP contribution >= 0.6 is 34.5 Å². The number of nitrogens with zero attached hydrogens (tertiary/aromatic N) is 2. The molecular weight excluding hydrogens is 409 g/mol. The number of thiophene rings is 1. The summed E-state index contributed by atoms with van der Waals surface area (Å²) in [5.74, 6) is 1.54. The molecule has 6 nitrogen and oxygen atoms in total. The predicted molar refractivity (Wildman–Crippen MR) is 108 cm³/mol. The Kier molecular flexibility index (Phi) is 6.36. The number of aryl methyl sites for hydroxylation is 1. The first kappa shape index (κ1) is 19.7. The van der Waals surface area contributed by atoms with E-state index in [0.717, 1.165) is 15.8 Å². The van der Waals surface area contributed by atoms with E-state index in [1.165, 1.54) is 18.4 Å². The number of hydrogen-bond acceptors (Lipinski definition) is 7. The summed E-state index contributed by atoms with van der Waals surface area (Å²) in [5.41, 5.74) is 0.977. The molecule has 0 saturated heterocycles. The minimum Gasteiger partial charge on any atom is -0.495 e. The fourth-order valence-electron chi connectivity index (χ4n) is 2.50. The standard InChI is InChI=1S/C18H17Cl2N3O3S/c1-25-13-4-3-10(7-12(13)19)9-21-17-11-8-14(20)27-18(11)23-15(22-17)5-6-16(24)26-2/h3-4,7-8H,5-6,9H2,1-2H3,(H,21,22,23). The van der Waals surface area contributed by atoms with Gasteiger partial charge in [0.15, 0.2) is 0 Å². The molecule has 0 aliphatic carbocycles. The zero-order valence-corrected chi connectivity index (χ0v) is 17.0. The van der Waals surface area contributed by atoms with Gasteiger partial charge in [-0.2, -0.15) is 0 Å². The molecule has 0 saturated carbocycles. The van der Waals surface area contributed by atoms with Crippen LogP contribution in [0.2, 0.25) is 9.36 Å². The lowest BCUT2D eigenvalue weighted by Gasteiger charge is -2.10. The average Bonchev–Trinajstić information content (AvgIpc) is 3.04. The molecule has 3 rings (SSSR count). The van der Waals surface area contributed by atoms with Gasteiger partial charge >= 0.3 is 5.97 Å². The van der Waals surface area contributed by atoms with Crippen LogP contribution < -0.4 is 10.1 Å². The molecule has 0 aliphatic heterocycles. The maximum atomic E-state index is 11.4. The Hall–Kier alpha value is -2.09. The molecule has 2 aromatic heterocycles. The first-order valence-electron chi connectivity index (χ1n) is 8.09. The van der Waals surface area contributed by atoms with Crippen LogP contribution in [0.3, 0.4) is 0 Å². The van der Waals surface area contributed by atoms with E-state index in [2.05, 4.69) is 20.0 Å². The number of aromatic nitrogens is 2. The van der Waals surface area contributed by atoms with E-state index < -0.39 is 0 Å². The van der Waals surface area contributed by atoms with Crippen molar-refractivity contribution in [2.75, 3.05) is 19.5 Å². The fourth-order valence-corrected chi connectivity index (χ4v) is 3.89. The number of carbonyl (C=O) groups is 1. The normalized spacial score (nSPS) is 10.8. The summed E-state index contributed by atoms with van der Waals surface area (Å²) < 4.78 is 10.5. The number of fused-ring (bicyclic) bond motifs is 1. The predicted octanol–water partition coefficient (Wildman–Crippen LogP) is 4.72. The maximum Gasteiger partial charge on any atom is 0.305 e. The number of carbonyl (C=O) groups excluding carboxylic acids is 1. The third-order valence-electron chi connectivity index (χ3n) is 3.87. The highest BCUT2D eigenvalue weighted by atomic mass is 35.5. The van der Waals surface area contributed by atoms with Crippen molar-refractivity contribution in [3.63, 3.8) is 0 Å². The molecule has 0 amide bonds. The molecule has 9 heteroatoms. The fraction of sp³-hybridized carbons (Fsp3) is 0.278. The molecule has 2 heterocycles. The molecule has 0 spiro atoms. The Morgan fingerprint density at radius 2 is 2.04 bits per heavy atom. The molecule has 0 radical (unpaired) electrons. The largest absolute Gasteiger partial charge is 0.495 e. The van der Waals surface area contributed by atoms with Crippen molar-refractivity contribution in [3.8, 4) is 5.75 Å². The van der Waals surface area contributed by atoms with Crippen LogP contribution in [-0.4, -0.2) is 30.2 Å². The second-order valence-electron chi connectivity index (χ2n) is 5.66. The summed E-state index contributed by atoms with van der Waals surface area (Å²) in [5, 5.41) is 4.69. The number of halogens is 2. The topological polar surface area (TPSA) is 73.3 Å². The quantitative estimate of drug-likeness (QED) is 0.551. The second-order valence-corrected chi connectivity index (χ2v) is 7.73. The molecule has 27 heavy (non-hydrogen) atoms. The highest BCUT2D eigenvalue weighted by Crippen LogP contribution is 2.32. The molecule has 0 aliphatic rings. The van der Waals surface area contributed by atoms with Gasteiger partial charge < -0.3 is 14.8 Å². The highest BCUT2D eigenvalue weighted by Gasteiger charge is 2.13. The van der Waals surface area contributed by atoms with Gasteiger partial charge in [-0.3, -0.25) is 4.79 Å². The minimum atomic E-state index is -0.301. The van der Waals surface area contributed by atoms with Crippen molar-refractivity contribution >= 4 is 56.5 Å².